The number of rotatable bonds is 7. The highest BCUT2D eigenvalue weighted by Gasteiger charge is 2.45. The van der Waals surface area contributed by atoms with Crippen LogP contribution in [0.5, 0.6) is 5.75 Å². The average molecular weight is 259 g/mol. The van der Waals surface area contributed by atoms with Gasteiger partial charge in [-0.1, -0.05) is 0 Å². The lowest BCUT2D eigenvalue weighted by molar-refractivity contribution is 0.138. The van der Waals surface area contributed by atoms with Gasteiger partial charge in [-0.05, 0) is 6.07 Å². The van der Waals surface area contributed by atoms with E-state index in [1.54, 1.807) is 27.5 Å². The first-order chi connectivity index (χ1) is 8.25. The molecule has 1 unspecified atom stereocenters. The Labute approximate surface area is 101 Å². The maximum absolute atomic E-state index is 5.65. The van der Waals surface area contributed by atoms with Gasteiger partial charge < -0.3 is 27.7 Å². The van der Waals surface area contributed by atoms with Crippen LogP contribution in [0.15, 0.2) is 12.3 Å². The van der Waals surface area contributed by atoms with Crippen molar-refractivity contribution in [3.05, 3.63) is 12.3 Å². The summed E-state index contributed by atoms with van der Waals surface area (Å²) in [6, 6.07) is 1.83. The van der Waals surface area contributed by atoms with Gasteiger partial charge in [-0.3, -0.25) is 0 Å². The summed E-state index contributed by atoms with van der Waals surface area (Å²) >= 11 is 0. The van der Waals surface area contributed by atoms with E-state index in [-0.39, 0.29) is 6.10 Å². The first-order valence-corrected chi connectivity index (χ1v) is 7.06. The van der Waals surface area contributed by atoms with Crippen LogP contribution in [0, 0.1) is 0 Å². The van der Waals surface area contributed by atoms with Gasteiger partial charge in [0, 0.05) is 27.5 Å². The van der Waals surface area contributed by atoms with Gasteiger partial charge in [0.15, 0.2) is 0 Å². The van der Waals surface area contributed by atoms with Gasteiger partial charge in [0.25, 0.3) is 0 Å². The molecule has 2 heterocycles. The molecule has 1 atom stereocenters. The molecule has 1 fully saturated rings. The summed E-state index contributed by atoms with van der Waals surface area (Å²) < 4.78 is 26.9. The van der Waals surface area contributed by atoms with Gasteiger partial charge in [0.1, 0.15) is 23.8 Å². The Bertz CT molecular complexity index is 353. The van der Waals surface area contributed by atoms with Gasteiger partial charge in [0.05, 0.1) is 6.61 Å². The predicted molar refractivity (Wildman–Crippen MR) is 62.4 cm³/mol. The molecule has 0 aliphatic carbocycles. The van der Waals surface area contributed by atoms with Gasteiger partial charge in [-0.15, -0.1) is 0 Å². The lowest BCUT2D eigenvalue weighted by Crippen LogP contribution is -2.55. The van der Waals surface area contributed by atoms with Crippen LogP contribution in [-0.4, -0.2) is 54.4 Å². The van der Waals surface area contributed by atoms with E-state index in [9.17, 15) is 0 Å². The molecule has 6 nitrogen and oxygen atoms in total. The zero-order valence-corrected chi connectivity index (χ0v) is 11.2. The summed E-state index contributed by atoms with van der Waals surface area (Å²) in [5.41, 5.74) is 0. The lowest BCUT2D eigenvalue weighted by atomic mass is 10.5. The standard InChI is InChI=1S/C10H17NO5Si/c1-12-17(13-2,14-3)10-9(4-5-11-10)16-7-8-6-15-8/h4-5,8,11H,6-7H2,1-3H3. The second-order valence-electron chi connectivity index (χ2n) is 3.65. The smallest absolute Gasteiger partial charge is 0.489 e. The van der Waals surface area contributed by atoms with E-state index in [4.69, 9.17) is 22.8 Å². The van der Waals surface area contributed by atoms with Crippen LogP contribution >= 0.6 is 0 Å². The van der Waals surface area contributed by atoms with Gasteiger partial charge >= 0.3 is 8.80 Å². The summed E-state index contributed by atoms with van der Waals surface area (Å²) in [6.07, 6.45) is 1.98. The fraction of sp³-hybridized carbons (Fsp3) is 0.600. The van der Waals surface area contributed by atoms with Crippen molar-refractivity contribution in [1.82, 2.24) is 4.98 Å². The molecule has 0 saturated carbocycles. The molecule has 17 heavy (non-hydrogen) atoms. The molecule has 7 heteroatoms. The van der Waals surface area contributed by atoms with Crippen LogP contribution in [0.4, 0.5) is 0 Å². The summed E-state index contributed by atoms with van der Waals surface area (Å²) in [7, 11) is 1.83. The number of epoxide rings is 1. The second-order valence-corrected chi connectivity index (χ2v) is 6.49. The minimum Gasteiger partial charge on any atom is -0.489 e. The molecule has 1 N–H and O–H groups in total. The fourth-order valence-corrected chi connectivity index (χ4v) is 3.45. The van der Waals surface area contributed by atoms with Crippen LogP contribution < -0.4 is 10.1 Å². The first kappa shape index (κ1) is 12.6. The van der Waals surface area contributed by atoms with E-state index in [0.29, 0.717) is 12.4 Å². The molecule has 0 spiro atoms. The molecular formula is C10H17NO5Si. The minimum absolute atomic E-state index is 0.210. The Hall–Kier alpha value is -0.863. The third kappa shape index (κ3) is 2.53. The van der Waals surface area contributed by atoms with E-state index in [2.05, 4.69) is 4.98 Å². The number of ether oxygens (including phenoxy) is 2. The lowest BCUT2D eigenvalue weighted by Gasteiger charge is -2.24. The topological polar surface area (TPSA) is 65.2 Å². The van der Waals surface area contributed by atoms with Crippen molar-refractivity contribution >= 4 is 14.1 Å². The second kappa shape index (κ2) is 5.19. The Morgan fingerprint density at radius 1 is 1.35 bits per heavy atom. The van der Waals surface area contributed by atoms with Crippen LogP contribution in [0.2, 0.25) is 0 Å². The normalized spacial score (nSPS) is 19.4. The van der Waals surface area contributed by atoms with E-state index in [1.807, 2.05) is 6.07 Å². The average Bonchev–Trinajstić information content (AvgIpc) is 3.08. The Morgan fingerprint density at radius 3 is 2.53 bits per heavy atom. The zero-order valence-electron chi connectivity index (χ0n) is 10.2. The molecule has 0 bridgehead atoms. The molecular weight excluding hydrogens is 242 g/mol. The minimum atomic E-state index is -2.86. The highest BCUT2D eigenvalue weighted by molar-refractivity contribution is 6.75. The number of aromatic amines is 1. The van der Waals surface area contributed by atoms with Crippen molar-refractivity contribution in [1.29, 1.82) is 0 Å². The number of H-pyrrole nitrogens is 1. The maximum Gasteiger partial charge on any atom is 0.557 e. The van der Waals surface area contributed by atoms with Crippen LogP contribution in [0.3, 0.4) is 0 Å². The SMILES string of the molecule is CO[Si](OC)(OC)c1[nH]ccc1OCC1CO1. The quantitative estimate of drug-likeness (QED) is 0.546. The zero-order chi connectivity index (χ0) is 12.3. The molecule has 1 aliphatic heterocycles. The maximum atomic E-state index is 5.65. The fourth-order valence-electron chi connectivity index (χ4n) is 1.62. The molecule has 2 rings (SSSR count). The highest BCUT2D eigenvalue weighted by atomic mass is 28.4. The Morgan fingerprint density at radius 2 is 2.00 bits per heavy atom. The number of hydrogen-bond acceptors (Lipinski definition) is 5. The monoisotopic (exact) mass is 259 g/mol. The molecule has 1 aromatic heterocycles. The molecule has 0 amide bonds. The van der Waals surface area contributed by atoms with Crippen molar-refractivity contribution in [2.24, 2.45) is 0 Å². The largest absolute Gasteiger partial charge is 0.557 e. The predicted octanol–water partition coefficient (Wildman–Crippen LogP) is -0.123. The molecule has 0 radical (unpaired) electrons. The van der Waals surface area contributed by atoms with E-state index >= 15 is 0 Å². The number of aromatic nitrogens is 1. The molecule has 1 aliphatic rings. The highest BCUT2D eigenvalue weighted by Crippen LogP contribution is 2.17. The van der Waals surface area contributed by atoms with Gasteiger partial charge in [-0.2, -0.15) is 0 Å². The number of nitrogens with one attached hydrogen (secondary N) is 1. The molecule has 1 aromatic rings. The van der Waals surface area contributed by atoms with Crippen LogP contribution in [0.25, 0.3) is 0 Å². The van der Waals surface area contributed by atoms with Gasteiger partial charge in [-0.25, -0.2) is 0 Å². The van der Waals surface area contributed by atoms with Crippen molar-refractivity contribution < 1.29 is 22.8 Å². The van der Waals surface area contributed by atoms with E-state index in [0.717, 1.165) is 11.9 Å². The van der Waals surface area contributed by atoms with E-state index in [1.165, 1.54) is 0 Å². The van der Waals surface area contributed by atoms with E-state index < -0.39 is 8.80 Å². The van der Waals surface area contributed by atoms with Gasteiger partial charge in [0.2, 0.25) is 0 Å². The van der Waals surface area contributed by atoms with Crippen molar-refractivity contribution in [3.8, 4) is 5.75 Å². The van der Waals surface area contributed by atoms with Crippen molar-refractivity contribution in [2.75, 3.05) is 34.5 Å². The summed E-state index contributed by atoms with van der Waals surface area (Å²) in [4.78, 5) is 3.06. The van der Waals surface area contributed by atoms with Crippen LogP contribution in [-0.2, 0) is 18.0 Å². The summed E-state index contributed by atoms with van der Waals surface area (Å²) in [6.45, 7) is 1.30. The molecule has 1 saturated heterocycles. The molecule has 96 valence electrons. The summed E-state index contributed by atoms with van der Waals surface area (Å²) in [5.74, 6) is 0.692. The Balaban J connectivity index is 2.14. The third-order valence-corrected chi connectivity index (χ3v) is 5.26. The molecule has 0 aromatic carbocycles. The first-order valence-electron chi connectivity index (χ1n) is 5.33. The van der Waals surface area contributed by atoms with Crippen molar-refractivity contribution in [2.45, 2.75) is 6.10 Å². The van der Waals surface area contributed by atoms with Crippen LogP contribution in [0.1, 0.15) is 0 Å². The third-order valence-electron chi connectivity index (χ3n) is 2.65. The van der Waals surface area contributed by atoms with Crippen molar-refractivity contribution in [3.63, 3.8) is 0 Å². The summed E-state index contributed by atoms with van der Waals surface area (Å²) in [5, 5.41) is 0.727. The Kier molecular flexibility index (Phi) is 3.85. The number of hydrogen-bond donors (Lipinski definition) is 1.